The third-order valence-corrected chi connectivity index (χ3v) is 7.54. The highest BCUT2D eigenvalue weighted by atomic mass is 32.2. The molecule has 2 heterocycles. The van der Waals surface area contributed by atoms with Crippen LogP contribution in [-0.4, -0.2) is 32.8 Å². The number of rotatable bonds is 5. The average molecular weight is 324 g/mol. The first kappa shape index (κ1) is 15.5. The van der Waals surface area contributed by atoms with Crippen LogP contribution in [-0.2, 0) is 0 Å². The summed E-state index contributed by atoms with van der Waals surface area (Å²) in [6.45, 7) is 7.83. The summed E-state index contributed by atoms with van der Waals surface area (Å²) in [4.78, 5) is 9.71. The zero-order chi connectivity index (χ0) is 14.8. The maximum Gasteiger partial charge on any atom is 0.144 e. The molecular formula is C16H25N3S2. The van der Waals surface area contributed by atoms with Gasteiger partial charge in [0.15, 0.2) is 0 Å². The third-order valence-electron chi connectivity index (χ3n) is 4.15. The molecule has 2 aliphatic rings. The summed E-state index contributed by atoms with van der Waals surface area (Å²) in [5.41, 5.74) is 1.26. The van der Waals surface area contributed by atoms with E-state index in [0.29, 0.717) is 16.4 Å². The van der Waals surface area contributed by atoms with Crippen molar-refractivity contribution in [2.45, 2.75) is 61.7 Å². The lowest BCUT2D eigenvalue weighted by molar-refractivity contribution is 0.836. The second-order valence-corrected chi connectivity index (χ2v) is 9.10. The minimum absolute atomic E-state index is 0.446. The Morgan fingerprint density at radius 2 is 2.05 bits per heavy atom. The molecule has 3 nitrogen and oxygen atoms in total. The summed E-state index contributed by atoms with van der Waals surface area (Å²) in [6.07, 6.45) is 3.72. The lowest BCUT2D eigenvalue weighted by atomic mass is 10.2. The highest BCUT2D eigenvalue weighted by molar-refractivity contribution is 8.07. The topological polar surface area (TPSA) is 37.8 Å². The molecule has 116 valence electrons. The van der Waals surface area contributed by atoms with Gasteiger partial charge in [0.05, 0.1) is 5.25 Å². The molecule has 1 aliphatic carbocycles. The van der Waals surface area contributed by atoms with Crippen LogP contribution in [0.25, 0.3) is 0 Å². The second kappa shape index (κ2) is 6.78. The van der Waals surface area contributed by atoms with Gasteiger partial charge in [0.25, 0.3) is 0 Å². The Balaban J connectivity index is 1.81. The molecule has 1 aromatic rings. The molecule has 1 N–H and O–H groups in total. The summed E-state index contributed by atoms with van der Waals surface area (Å²) >= 11 is 4.11. The minimum atomic E-state index is 0.446. The molecule has 1 saturated heterocycles. The zero-order valence-corrected chi connectivity index (χ0v) is 14.8. The van der Waals surface area contributed by atoms with Gasteiger partial charge in [-0.3, -0.25) is 0 Å². The van der Waals surface area contributed by atoms with E-state index in [1.807, 2.05) is 11.8 Å². The van der Waals surface area contributed by atoms with Gasteiger partial charge < -0.3 is 5.32 Å². The first-order valence-corrected chi connectivity index (χ1v) is 10.1. The summed E-state index contributed by atoms with van der Waals surface area (Å²) in [5, 5.41) is 5.30. The van der Waals surface area contributed by atoms with Crippen molar-refractivity contribution in [2.24, 2.45) is 0 Å². The van der Waals surface area contributed by atoms with Gasteiger partial charge in [0, 0.05) is 40.5 Å². The maximum atomic E-state index is 4.90. The van der Waals surface area contributed by atoms with Crippen LogP contribution in [0.5, 0.6) is 0 Å². The largest absolute Gasteiger partial charge is 0.370 e. The number of nitrogens with one attached hydrogen (secondary N) is 1. The molecule has 1 saturated carbocycles. The van der Waals surface area contributed by atoms with Crippen molar-refractivity contribution in [1.82, 2.24) is 9.97 Å². The smallest absolute Gasteiger partial charge is 0.144 e. The molecule has 3 atom stereocenters. The number of thioether (sulfide) groups is 2. The van der Waals surface area contributed by atoms with Gasteiger partial charge >= 0.3 is 0 Å². The average Bonchev–Trinajstić information content (AvgIpc) is 3.32. The van der Waals surface area contributed by atoms with E-state index < -0.39 is 0 Å². The molecule has 5 heteroatoms. The monoisotopic (exact) mass is 323 g/mol. The molecule has 3 rings (SSSR count). The molecule has 3 unspecified atom stereocenters. The summed E-state index contributed by atoms with van der Waals surface area (Å²) < 4.78 is 0. The van der Waals surface area contributed by atoms with E-state index in [0.717, 1.165) is 35.6 Å². The molecule has 0 radical (unpaired) electrons. The van der Waals surface area contributed by atoms with Gasteiger partial charge in [-0.15, -0.1) is 11.8 Å². The normalized spacial score (nSPS) is 29.4. The van der Waals surface area contributed by atoms with Gasteiger partial charge in [0.2, 0.25) is 0 Å². The fourth-order valence-electron chi connectivity index (χ4n) is 2.48. The van der Waals surface area contributed by atoms with Crippen molar-refractivity contribution in [2.75, 3.05) is 17.6 Å². The SMILES string of the molecule is CCCNc1cc(C2CC2)nc(C2CSC(C)C(C)S2)n1. The van der Waals surface area contributed by atoms with E-state index in [1.54, 1.807) is 0 Å². The summed E-state index contributed by atoms with van der Waals surface area (Å²) in [6, 6.07) is 2.17. The Labute approximate surface area is 136 Å². The highest BCUT2D eigenvalue weighted by Gasteiger charge is 2.31. The van der Waals surface area contributed by atoms with Crippen LogP contribution in [0.3, 0.4) is 0 Å². The standard InChI is InChI=1S/C16H25N3S2/c1-4-7-17-15-8-13(12-5-6-12)18-16(19-15)14-9-20-10(2)11(3)21-14/h8,10-12,14H,4-7,9H2,1-3H3,(H,17,18,19). The van der Waals surface area contributed by atoms with Crippen LogP contribution in [0.1, 0.15) is 62.7 Å². The summed E-state index contributed by atoms with van der Waals surface area (Å²) in [7, 11) is 0. The molecule has 0 bridgehead atoms. The van der Waals surface area contributed by atoms with Crippen LogP contribution in [0.4, 0.5) is 5.82 Å². The number of anilines is 1. The number of hydrogen-bond acceptors (Lipinski definition) is 5. The molecule has 1 aromatic heterocycles. The summed E-state index contributed by atoms with van der Waals surface area (Å²) in [5.74, 6) is 3.90. The van der Waals surface area contributed by atoms with Crippen molar-refractivity contribution >= 4 is 29.3 Å². The lowest BCUT2D eigenvalue weighted by Gasteiger charge is -2.30. The number of aromatic nitrogens is 2. The second-order valence-electron chi connectivity index (χ2n) is 6.11. The Hall–Kier alpha value is -0.420. The minimum Gasteiger partial charge on any atom is -0.370 e. The lowest BCUT2D eigenvalue weighted by Crippen LogP contribution is -2.23. The van der Waals surface area contributed by atoms with Crippen LogP contribution < -0.4 is 5.32 Å². The molecule has 21 heavy (non-hydrogen) atoms. The van der Waals surface area contributed by atoms with E-state index in [1.165, 1.54) is 18.5 Å². The van der Waals surface area contributed by atoms with Crippen LogP contribution in [0.15, 0.2) is 6.07 Å². The Kier molecular flexibility index (Phi) is 4.99. The van der Waals surface area contributed by atoms with E-state index >= 15 is 0 Å². The first-order valence-electron chi connectivity index (χ1n) is 8.07. The van der Waals surface area contributed by atoms with E-state index in [4.69, 9.17) is 9.97 Å². The number of nitrogens with zero attached hydrogens (tertiary/aromatic N) is 2. The van der Waals surface area contributed by atoms with Gasteiger partial charge in [-0.1, -0.05) is 20.8 Å². The number of hydrogen-bond donors (Lipinski definition) is 1. The molecule has 0 amide bonds. The van der Waals surface area contributed by atoms with Crippen molar-refractivity contribution in [3.8, 4) is 0 Å². The first-order chi connectivity index (χ1) is 10.2. The fraction of sp³-hybridized carbons (Fsp3) is 0.750. The van der Waals surface area contributed by atoms with Crippen LogP contribution in [0.2, 0.25) is 0 Å². The highest BCUT2D eigenvalue weighted by Crippen LogP contribution is 2.45. The van der Waals surface area contributed by atoms with Crippen LogP contribution >= 0.6 is 23.5 Å². The van der Waals surface area contributed by atoms with Gasteiger partial charge in [0.1, 0.15) is 11.6 Å². The van der Waals surface area contributed by atoms with Crippen molar-refractivity contribution in [1.29, 1.82) is 0 Å². The Morgan fingerprint density at radius 1 is 1.24 bits per heavy atom. The van der Waals surface area contributed by atoms with E-state index in [2.05, 4.69) is 43.9 Å². The maximum absolute atomic E-state index is 4.90. The Bertz CT molecular complexity index is 490. The van der Waals surface area contributed by atoms with Gasteiger partial charge in [-0.25, -0.2) is 9.97 Å². The van der Waals surface area contributed by atoms with Crippen molar-refractivity contribution in [3.63, 3.8) is 0 Å². The zero-order valence-electron chi connectivity index (χ0n) is 13.1. The Morgan fingerprint density at radius 3 is 2.71 bits per heavy atom. The quantitative estimate of drug-likeness (QED) is 0.865. The molecular weight excluding hydrogens is 298 g/mol. The van der Waals surface area contributed by atoms with Crippen LogP contribution in [0, 0.1) is 0 Å². The van der Waals surface area contributed by atoms with Gasteiger partial charge in [-0.2, -0.15) is 11.8 Å². The predicted molar refractivity (Wildman–Crippen MR) is 94.5 cm³/mol. The van der Waals surface area contributed by atoms with E-state index in [9.17, 15) is 0 Å². The molecule has 0 spiro atoms. The fourth-order valence-corrected chi connectivity index (χ4v) is 5.32. The molecule has 0 aromatic carbocycles. The third kappa shape index (κ3) is 3.86. The van der Waals surface area contributed by atoms with Crippen molar-refractivity contribution < 1.29 is 0 Å². The molecule has 1 aliphatic heterocycles. The molecule has 2 fully saturated rings. The van der Waals surface area contributed by atoms with Gasteiger partial charge in [-0.05, 0) is 19.3 Å². The van der Waals surface area contributed by atoms with Crippen molar-refractivity contribution in [3.05, 3.63) is 17.6 Å². The van der Waals surface area contributed by atoms with E-state index in [-0.39, 0.29) is 0 Å². The predicted octanol–water partition coefficient (Wildman–Crippen LogP) is 4.47.